The average molecular weight is 578 g/mol. The Morgan fingerprint density at radius 2 is 1.67 bits per heavy atom. The van der Waals surface area contributed by atoms with Crippen LogP contribution in [0.4, 0.5) is 11.6 Å². The smallest absolute Gasteiger partial charge is 0.260 e. The van der Waals surface area contributed by atoms with Crippen LogP contribution in [0.2, 0.25) is 5.02 Å². The third-order valence-corrected chi connectivity index (χ3v) is 8.84. The molecule has 42 heavy (non-hydrogen) atoms. The largest absolute Gasteiger partial charge is 0.324 e. The summed E-state index contributed by atoms with van der Waals surface area (Å²) in [5, 5.41) is 4.65. The zero-order valence-electron chi connectivity index (χ0n) is 24.4. The fourth-order valence-corrected chi connectivity index (χ4v) is 6.34. The number of hydrogen-bond donors (Lipinski definition) is 1. The minimum absolute atomic E-state index is 0.126. The van der Waals surface area contributed by atoms with Crippen molar-refractivity contribution >= 4 is 34.3 Å². The number of aromatic nitrogens is 3. The molecule has 1 aliphatic rings. The summed E-state index contributed by atoms with van der Waals surface area (Å²) < 4.78 is 1.69. The number of piperidine rings is 1. The molecule has 1 aliphatic heterocycles. The maximum atomic E-state index is 13.7. The molecule has 0 radical (unpaired) electrons. The molecule has 1 saturated heterocycles. The minimum Gasteiger partial charge on any atom is -0.324 e. The number of benzene rings is 3. The van der Waals surface area contributed by atoms with Crippen molar-refractivity contribution in [2.45, 2.75) is 46.1 Å². The number of pyridine rings is 1. The first-order chi connectivity index (χ1) is 20.4. The van der Waals surface area contributed by atoms with Crippen LogP contribution in [0, 0.1) is 6.92 Å². The number of hydrogen-bond acceptors (Lipinski definition) is 5. The fraction of sp³-hybridized carbons (Fsp3) is 0.286. The molecule has 0 amide bonds. The summed E-state index contributed by atoms with van der Waals surface area (Å²) in [7, 11) is 0. The van der Waals surface area contributed by atoms with E-state index in [1.54, 1.807) is 10.8 Å². The van der Waals surface area contributed by atoms with E-state index in [2.05, 4.69) is 65.4 Å². The third-order valence-electron chi connectivity index (χ3n) is 8.53. The van der Waals surface area contributed by atoms with E-state index in [0.717, 1.165) is 41.8 Å². The normalized spacial score (nSPS) is 14.4. The second-order valence-electron chi connectivity index (χ2n) is 11.0. The van der Waals surface area contributed by atoms with E-state index in [1.165, 1.54) is 24.0 Å². The molecule has 3 heterocycles. The van der Waals surface area contributed by atoms with Crippen molar-refractivity contribution in [3.05, 3.63) is 105 Å². The quantitative estimate of drug-likeness (QED) is 0.212. The average Bonchev–Trinajstić information content (AvgIpc) is 3.02. The summed E-state index contributed by atoms with van der Waals surface area (Å²) in [4.78, 5) is 25.5. The monoisotopic (exact) mass is 577 g/mol. The van der Waals surface area contributed by atoms with E-state index in [9.17, 15) is 4.79 Å². The number of halogens is 1. The molecule has 0 atom stereocenters. The zero-order chi connectivity index (χ0) is 29.2. The summed E-state index contributed by atoms with van der Waals surface area (Å²) >= 11 is 6.78. The Bertz CT molecular complexity index is 1790. The summed E-state index contributed by atoms with van der Waals surface area (Å²) in [5.74, 6) is 1.07. The number of rotatable bonds is 7. The van der Waals surface area contributed by atoms with Gasteiger partial charge in [0.1, 0.15) is 5.65 Å². The molecule has 0 aliphatic carbocycles. The first kappa shape index (κ1) is 28.1. The van der Waals surface area contributed by atoms with Crippen molar-refractivity contribution in [1.29, 1.82) is 0 Å². The van der Waals surface area contributed by atoms with Crippen LogP contribution in [-0.4, -0.2) is 39.1 Å². The van der Waals surface area contributed by atoms with Gasteiger partial charge in [-0.3, -0.25) is 9.36 Å². The van der Waals surface area contributed by atoms with Crippen LogP contribution in [0.5, 0.6) is 0 Å². The molecule has 0 bridgehead atoms. The van der Waals surface area contributed by atoms with Crippen molar-refractivity contribution in [1.82, 2.24) is 19.4 Å². The zero-order valence-corrected chi connectivity index (χ0v) is 25.2. The van der Waals surface area contributed by atoms with Gasteiger partial charge in [0.05, 0.1) is 0 Å². The molecule has 6 rings (SSSR count). The summed E-state index contributed by atoms with van der Waals surface area (Å²) in [6.07, 6.45) is 4.17. The summed E-state index contributed by atoms with van der Waals surface area (Å²) in [6, 6.07) is 24.5. The van der Waals surface area contributed by atoms with Gasteiger partial charge in [0.15, 0.2) is 0 Å². The van der Waals surface area contributed by atoms with Gasteiger partial charge >= 0.3 is 0 Å². The van der Waals surface area contributed by atoms with Crippen molar-refractivity contribution in [3.63, 3.8) is 0 Å². The summed E-state index contributed by atoms with van der Waals surface area (Å²) in [5.41, 5.74) is 7.32. The van der Waals surface area contributed by atoms with E-state index < -0.39 is 0 Å². The second-order valence-corrected chi connectivity index (χ2v) is 11.5. The molecule has 0 unspecified atom stereocenters. The maximum Gasteiger partial charge on any atom is 0.260 e. The lowest BCUT2D eigenvalue weighted by Gasteiger charge is -2.31. The van der Waals surface area contributed by atoms with Gasteiger partial charge in [0.25, 0.3) is 5.56 Å². The Morgan fingerprint density at radius 3 is 2.36 bits per heavy atom. The predicted molar refractivity (Wildman–Crippen MR) is 174 cm³/mol. The highest BCUT2D eigenvalue weighted by Gasteiger charge is 2.20. The van der Waals surface area contributed by atoms with Gasteiger partial charge in [-0.15, -0.1) is 0 Å². The van der Waals surface area contributed by atoms with Crippen molar-refractivity contribution in [2.75, 3.05) is 25.0 Å². The number of nitrogens with zero attached hydrogens (tertiary/aromatic N) is 4. The third kappa shape index (κ3) is 5.57. The van der Waals surface area contributed by atoms with E-state index >= 15 is 0 Å². The van der Waals surface area contributed by atoms with Crippen LogP contribution in [0.3, 0.4) is 0 Å². The Labute approximate surface area is 252 Å². The van der Waals surface area contributed by atoms with Crippen LogP contribution in [-0.2, 0) is 6.54 Å². The Morgan fingerprint density at radius 1 is 0.905 bits per heavy atom. The van der Waals surface area contributed by atoms with Gasteiger partial charge < -0.3 is 10.2 Å². The van der Waals surface area contributed by atoms with Crippen LogP contribution < -0.4 is 10.9 Å². The standard InChI is InChI=1S/C35H36ClN5O/c1-4-40-18-16-25(17-19-40)24-10-13-28(14-11-24)38-35-37-22-27-20-31(34(42)41(5-2)33(27)39-35)30-15-12-26(21-32(30)36)29-9-7-6-8-23(29)3/h6-15,20-22,25H,4-5,16-19H2,1-3H3,(H,37,38,39). The summed E-state index contributed by atoms with van der Waals surface area (Å²) in [6.45, 7) is 10.2. The highest BCUT2D eigenvalue weighted by atomic mass is 35.5. The minimum atomic E-state index is -0.126. The van der Waals surface area contributed by atoms with Crippen molar-refractivity contribution in [3.8, 4) is 22.3 Å². The lowest BCUT2D eigenvalue weighted by Crippen LogP contribution is -2.32. The number of nitrogens with one attached hydrogen (secondary N) is 1. The lowest BCUT2D eigenvalue weighted by molar-refractivity contribution is 0.222. The van der Waals surface area contributed by atoms with Gasteiger partial charge in [-0.2, -0.15) is 4.98 Å². The van der Waals surface area contributed by atoms with Crippen LogP contribution >= 0.6 is 11.6 Å². The SMILES string of the molecule is CCN1CCC(c2ccc(Nc3ncc4cc(-c5ccc(-c6ccccc6C)cc5Cl)c(=O)n(CC)c4n3)cc2)CC1. The van der Waals surface area contributed by atoms with E-state index in [1.807, 2.05) is 43.3 Å². The van der Waals surface area contributed by atoms with Crippen molar-refractivity contribution < 1.29 is 0 Å². The predicted octanol–water partition coefficient (Wildman–Crippen LogP) is 8.05. The first-order valence-electron chi connectivity index (χ1n) is 14.8. The highest BCUT2D eigenvalue weighted by molar-refractivity contribution is 6.33. The number of fused-ring (bicyclic) bond motifs is 1. The van der Waals surface area contributed by atoms with Crippen LogP contribution in [0.15, 0.2) is 83.8 Å². The molecule has 1 fully saturated rings. The van der Waals surface area contributed by atoms with Crippen molar-refractivity contribution in [2.24, 2.45) is 0 Å². The molecular weight excluding hydrogens is 542 g/mol. The van der Waals surface area contributed by atoms with Crippen LogP contribution in [0.25, 0.3) is 33.3 Å². The molecular formula is C35H36ClN5O. The maximum absolute atomic E-state index is 13.7. The fourth-order valence-electron chi connectivity index (χ4n) is 6.05. The molecule has 7 heteroatoms. The molecule has 0 spiro atoms. The molecule has 2 aromatic heterocycles. The molecule has 0 saturated carbocycles. The lowest BCUT2D eigenvalue weighted by atomic mass is 9.89. The number of anilines is 2. The number of aryl methyl sites for hydroxylation is 2. The Kier molecular flexibility index (Phi) is 8.09. The highest BCUT2D eigenvalue weighted by Crippen LogP contribution is 2.33. The van der Waals surface area contributed by atoms with Gasteiger partial charge in [0.2, 0.25) is 5.95 Å². The van der Waals surface area contributed by atoms with E-state index in [0.29, 0.717) is 40.2 Å². The number of likely N-dealkylation sites (tertiary alicyclic amines) is 1. The van der Waals surface area contributed by atoms with Gasteiger partial charge in [0, 0.05) is 40.0 Å². The Balaban J connectivity index is 1.27. The van der Waals surface area contributed by atoms with Gasteiger partial charge in [-0.1, -0.05) is 67.1 Å². The molecule has 1 N–H and O–H groups in total. The van der Waals surface area contributed by atoms with E-state index in [-0.39, 0.29) is 5.56 Å². The molecule has 6 nitrogen and oxygen atoms in total. The van der Waals surface area contributed by atoms with E-state index in [4.69, 9.17) is 16.6 Å². The molecule has 214 valence electrons. The molecule has 5 aromatic rings. The second kappa shape index (κ2) is 12.1. The molecule has 3 aromatic carbocycles. The van der Waals surface area contributed by atoms with Crippen LogP contribution in [0.1, 0.15) is 43.7 Å². The first-order valence-corrected chi connectivity index (χ1v) is 15.2. The topological polar surface area (TPSA) is 63.1 Å². The van der Waals surface area contributed by atoms with Gasteiger partial charge in [-0.05, 0) is 98.8 Å². The Hall–Kier alpha value is -4.00. The van der Waals surface area contributed by atoms with Gasteiger partial charge in [-0.25, -0.2) is 4.98 Å².